The first-order chi connectivity index (χ1) is 7.09. The zero-order chi connectivity index (χ0) is 11.0. The molecule has 0 radical (unpaired) electrons. The summed E-state index contributed by atoms with van der Waals surface area (Å²) in [6.07, 6.45) is 0.541. The van der Waals surface area contributed by atoms with Crippen LogP contribution >= 0.6 is 11.6 Å². The van der Waals surface area contributed by atoms with Crippen molar-refractivity contribution in [2.24, 2.45) is 0 Å². The normalized spacial score (nSPS) is 16.3. The number of nitrogens with zero attached hydrogens (tertiary/aromatic N) is 1. The number of rotatable bonds is 0. The van der Waals surface area contributed by atoms with E-state index in [0.717, 1.165) is 0 Å². The van der Waals surface area contributed by atoms with Crippen molar-refractivity contribution in [2.75, 3.05) is 11.9 Å². The fraction of sp³-hybridized carbons (Fsp3) is 0.273. The minimum Gasteiger partial charge on any atom is -0.315 e. The van der Waals surface area contributed by atoms with Gasteiger partial charge in [-0.1, -0.05) is 11.6 Å². The molecule has 15 heavy (non-hydrogen) atoms. The Kier molecular flexibility index (Phi) is 2.49. The Morgan fingerprint density at radius 3 is 2.73 bits per heavy atom. The molecule has 2 rings (SSSR count). The van der Waals surface area contributed by atoms with Gasteiger partial charge in [0.25, 0.3) is 0 Å². The fourth-order valence-electron chi connectivity index (χ4n) is 1.68. The third-order valence-electron chi connectivity index (χ3n) is 2.56. The Balaban J connectivity index is 2.60. The highest BCUT2D eigenvalue weighted by Gasteiger charge is 2.23. The van der Waals surface area contributed by atoms with Crippen molar-refractivity contribution < 1.29 is 9.59 Å². The summed E-state index contributed by atoms with van der Waals surface area (Å²) >= 11 is 5.84. The number of carbonyl (C=O) groups is 2. The average molecular weight is 224 g/mol. The molecule has 0 spiro atoms. The monoisotopic (exact) mass is 223 g/mol. The van der Waals surface area contributed by atoms with Gasteiger partial charge < -0.3 is 4.90 Å². The van der Waals surface area contributed by atoms with Crippen LogP contribution in [0, 0.1) is 0 Å². The van der Waals surface area contributed by atoms with Gasteiger partial charge in [0.15, 0.2) is 5.78 Å². The summed E-state index contributed by atoms with van der Waals surface area (Å²) in [6, 6.07) is 5.00. The highest BCUT2D eigenvalue weighted by atomic mass is 35.5. The van der Waals surface area contributed by atoms with Gasteiger partial charge in [0.2, 0.25) is 5.91 Å². The van der Waals surface area contributed by atoms with Crippen LogP contribution in [0.15, 0.2) is 18.2 Å². The van der Waals surface area contributed by atoms with Gasteiger partial charge in [-0.05, 0) is 18.2 Å². The molecule has 4 heteroatoms. The number of benzene rings is 1. The van der Waals surface area contributed by atoms with Crippen molar-refractivity contribution in [3.8, 4) is 0 Å². The molecule has 0 unspecified atom stereocenters. The Bertz CT molecular complexity index is 442. The maximum atomic E-state index is 11.7. The summed E-state index contributed by atoms with van der Waals surface area (Å²) in [5.74, 6) is -0.0521. The van der Waals surface area contributed by atoms with E-state index < -0.39 is 0 Å². The molecule has 1 aromatic carbocycles. The Labute approximate surface area is 92.6 Å². The van der Waals surface area contributed by atoms with Crippen LogP contribution in [-0.2, 0) is 4.79 Å². The molecule has 1 heterocycles. The van der Waals surface area contributed by atoms with Crippen LogP contribution in [0.2, 0.25) is 5.02 Å². The zero-order valence-electron chi connectivity index (χ0n) is 8.29. The molecule has 0 saturated carbocycles. The van der Waals surface area contributed by atoms with Gasteiger partial charge in [-0.25, -0.2) is 0 Å². The van der Waals surface area contributed by atoms with Gasteiger partial charge in [0.1, 0.15) is 0 Å². The summed E-state index contributed by atoms with van der Waals surface area (Å²) in [5, 5.41) is 0.531. The van der Waals surface area contributed by atoms with Crippen molar-refractivity contribution >= 4 is 29.0 Å². The molecule has 0 aliphatic carbocycles. The van der Waals surface area contributed by atoms with Crippen LogP contribution in [0.1, 0.15) is 23.2 Å². The molecule has 0 saturated heterocycles. The lowest BCUT2D eigenvalue weighted by Gasteiger charge is -2.16. The molecule has 3 nitrogen and oxygen atoms in total. The van der Waals surface area contributed by atoms with E-state index in [2.05, 4.69) is 0 Å². The highest BCUT2D eigenvalue weighted by Crippen LogP contribution is 2.28. The second kappa shape index (κ2) is 3.66. The summed E-state index contributed by atoms with van der Waals surface area (Å²) < 4.78 is 0. The first-order valence-corrected chi connectivity index (χ1v) is 5.06. The molecular formula is C11H10ClNO2. The van der Waals surface area contributed by atoms with Crippen LogP contribution in [-0.4, -0.2) is 18.7 Å². The minimum atomic E-state index is -0.0515. The summed E-state index contributed by atoms with van der Waals surface area (Å²) in [5.41, 5.74) is 1.18. The number of amides is 1. The van der Waals surface area contributed by atoms with E-state index >= 15 is 0 Å². The van der Waals surface area contributed by atoms with Crippen molar-refractivity contribution in [2.45, 2.75) is 12.8 Å². The van der Waals surface area contributed by atoms with Crippen molar-refractivity contribution in [3.05, 3.63) is 28.8 Å². The lowest BCUT2D eigenvalue weighted by Crippen LogP contribution is -2.24. The molecule has 78 valence electrons. The largest absolute Gasteiger partial charge is 0.315 e. The first kappa shape index (κ1) is 10.2. The Morgan fingerprint density at radius 2 is 2.00 bits per heavy atom. The Hall–Kier alpha value is -1.35. The van der Waals surface area contributed by atoms with Gasteiger partial charge in [-0.15, -0.1) is 0 Å². The molecule has 1 aliphatic heterocycles. The average Bonchev–Trinajstić information content (AvgIpc) is 2.32. The second-order valence-corrected chi connectivity index (χ2v) is 3.97. The van der Waals surface area contributed by atoms with E-state index in [1.54, 1.807) is 25.2 Å². The number of anilines is 1. The predicted molar refractivity (Wildman–Crippen MR) is 58.4 cm³/mol. The first-order valence-electron chi connectivity index (χ1n) is 4.69. The number of hydrogen-bond acceptors (Lipinski definition) is 2. The molecule has 1 aliphatic rings. The van der Waals surface area contributed by atoms with E-state index in [9.17, 15) is 9.59 Å². The van der Waals surface area contributed by atoms with E-state index in [1.807, 2.05) is 0 Å². The van der Waals surface area contributed by atoms with E-state index in [-0.39, 0.29) is 24.5 Å². The quantitative estimate of drug-likeness (QED) is 0.677. The van der Waals surface area contributed by atoms with Crippen LogP contribution in [0.25, 0.3) is 0 Å². The van der Waals surface area contributed by atoms with Crippen LogP contribution in [0.3, 0.4) is 0 Å². The van der Waals surface area contributed by atoms with E-state index in [4.69, 9.17) is 11.6 Å². The van der Waals surface area contributed by atoms with Gasteiger partial charge >= 0.3 is 0 Å². The summed E-state index contributed by atoms with van der Waals surface area (Å²) in [6.45, 7) is 0. The smallest absolute Gasteiger partial charge is 0.227 e. The molecule has 0 N–H and O–H groups in total. The van der Waals surface area contributed by atoms with Crippen LogP contribution in [0.4, 0.5) is 5.69 Å². The third-order valence-corrected chi connectivity index (χ3v) is 2.80. The highest BCUT2D eigenvalue weighted by molar-refractivity contribution is 6.31. The topological polar surface area (TPSA) is 37.4 Å². The molecule has 0 atom stereocenters. The molecule has 0 bridgehead atoms. The van der Waals surface area contributed by atoms with Crippen molar-refractivity contribution in [1.82, 2.24) is 0 Å². The zero-order valence-corrected chi connectivity index (χ0v) is 9.04. The van der Waals surface area contributed by atoms with Gasteiger partial charge in [-0.2, -0.15) is 0 Å². The fourth-order valence-corrected chi connectivity index (χ4v) is 1.84. The molecular weight excluding hydrogens is 214 g/mol. The van der Waals surface area contributed by atoms with Gasteiger partial charge in [-0.3, -0.25) is 9.59 Å². The molecule has 0 fully saturated rings. The van der Waals surface area contributed by atoms with E-state index in [0.29, 0.717) is 16.3 Å². The van der Waals surface area contributed by atoms with Crippen LogP contribution < -0.4 is 4.90 Å². The number of hydrogen-bond donors (Lipinski definition) is 0. The number of carbonyl (C=O) groups excluding carboxylic acids is 2. The van der Waals surface area contributed by atoms with Crippen molar-refractivity contribution in [1.29, 1.82) is 0 Å². The number of fused-ring (bicyclic) bond motifs is 1. The summed E-state index contributed by atoms with van der Waals surface area (Å²) in [7, 11) is 1.66. The van der Waals surface area contributed by atoms with Gasteiger partial charge in [0, 0.05) is 30.5 Å². The maximum Gasteiger partial charge on any atom is 0.227 e. The Morgan fingerprint density at radius 1 is 1.27 bits per heavy atom. The number of Topliss-reactive ketones (excluding diaryl/α,β-unsaturated/α-hetero) is 1. The summed E-state index contributed by atoms with van der Waals surface area (Å²) in [4.78, 5) is 24.7. The SMILES string of the molecule is CN1C(=O)CCC(=O)c2ccc(Cl)cc21. The van der Waals surface area contributed by atoms with E-state index in [1.165, 1.54) is 4.90 Å². The standard InChI is InChI=1S/C11H10ClNO2/c1-13-9-6-7(12)2-3-8(9)10(14)4-5-11(13)15/h2-3,6H,4-5H2,1H3. The second-order valence-electron chi connectivity index (χ2n) is 3.54. The number of ketones is 1. The maximum absolute atomic E-state index is 11.7. The molecule has 1 aromatic rings. The van der Waals surface area contributed by atoms with Gasteiger partial charge in [0.05, 0.1) is 5.69 Å². The van der Waals surface area contributed by atoms with Crippen LogP contribution in [0.5, 0.6) is 0 Å². The lowest BCUT2D eigenvalue weighted by molar-refractivity contribution is -0.118. The predicted octanol–water partition coefficient (Wildman–Crippen LogP) is 2.28. The molecule has 1 amide bonds. The molecule has 0 aromatic heterocycles. The lowest BCUT2D eigenvalue weighted by atomic mass is 10.1. The minimum absolute atomic E-state index is 0.000586. The third kappa shape index (κ3) is 1.75. The number of halogens is 1. The van der Waals surface area contributed by atoms with Crippen molar-refractivity contribution in [3.63, 3.8) is 0 Å².